The molecule has 1 aliphatic heterocycles. The third-order valence-electron chi connectivity index (χ3n) is 5.45. The zero-order valence-electron chi connectivity index (χ0n) is 13.6. The molecule has 1 aliphatic carbocycles. The topological polar surface area (TPSA) is 72.8 Å². The van der Waals surface area contributed by atoms with Gasteiger partial charge in [0.25, 0.3) is 0 Å². The minimum Gasteiger partial charge on any atom is -0.490 e. The summed E-state index contributed by atoms with van der Waals surface area (Å²) in [6, 6.07) is 6.81. The molecule has 0 unspecified atom stereocenters. The fourth-order valence-corrected chi connectivity index (χ4v) is 3.98. The third kappa shape index (κ3) is 1.67. The maximum atomic E-state index is 13.2. The summed E-state index contributed by atoms with van der Waals surface area (Å²) in [5, 5.41) is 0.812. The minimum atomic E-state index is -0.526. The number of hydrogen-bond donors (Lipinski definition) is 1. The van der Waals surface area contributed by atoms with E-state index in [-0.39, 0.29) is 11.2 Å². The molecule has 4 heterocycles. The first-order valence-electron chi connectivity index (χ1n) is 8.48. The van der Waals surface area contributed by atoms with Gasteiger partial charge in [-0.3, -0.25) is 9.55 Å². The van der Waals surface area contributed by atoms with Crippen LogP contribution in [-0.4, -0.2) is 26.1 Å². The van der Waals surface area contributed by atoms with Crippen LogP contribution in [0.2, 0.25) is 0 Å². The van der Waals surface area contributed by atoms with Gasteiger partial charge < -0.3 is 9.72 Å². The predicted octanol–water partition coefficient (Wildman–Crippen LogP) is 2.96. The van der Waals surface area contributed by atoms with Gasteiger partial charge in [-0.05, 0) is 37.1 Å². The highest BCUT2D eigenvalue weighted by atomic mass is 19.1. The Kier molecular flexibility index (Phi) is 2.42. The highest BCUT2D eigenvalue weighted by Gasteiger charge is 2.49. The number of halogens is 1. The van der Waals surface area contributed by atoms with E-state index in [1.165, 1.54) is 12.3 Å². The summed E-state index contributed by atoms with van der Waals surface area (Å²) in [6.07, 6.45) is 5.00. The minimum absolute atomic E-state index is 0.128. The van der Waals surface area contributed by atoms with Crippen LogP contribution in [0.15, 0.2) is 41.5 Å². The van der Waals surface area contributed by atoms with Crippen LogP contribution in [0.3, 0.4) is 0 Å². The van der Waals surface area contributed by atoms with Crippen molar-refractivity contribution in [2.24, 2.45) is 0 Å². The smallest absolute Gasteiger partial charge is 0.327 e. The van der Waals surface area contributed by atoms with Crippen LogP contribution >= 0.6 is 0 Å². The van der Waals surface area contributed by atoms with Crippen molar-refractivity contribution < 1.29 is 9.13 Å². The van der Waals surface area contributed by atoms with Crippen molar-refractivity contribution in [2.75, 3.05) is 6.61 Å². The van der Waals surface area contributed by atoms with Crippen LogP contribution in [0.1, 0.15) is 12.8 Å². The molecule has 7 heteroatoms. The number of H-pyrrole nitrogens is 1. The Morgan fingerprint density at radius 1 is 1.15 bits per heavy atom. The molecule has 1 fully saturated rings. The van der Waals surface area contributed by atoms with Crippen molar-refractivity contribution in [3.63, 3.8) is 0 Å². The lowest BCUT2D eigenvalue weighted by Gasteiger charge is -2.16. The van der Waals surface area contributed by atoms with E-state index in [0.29, 0.717) is 17.9 Å². The van der Waals surface area contributed by atoms with E-state index in [4.69, 9.17) is 4.74 Å². The molecule has 1 saturated carbocycles. The van der Waals surface area contributed by atoms with E-state index in [9.17, 15) is 9.18 Å². The fourth-order valence-electron chi connectivity index (χ4n) is 3.98. The summed E-state index contributed by atoms with van der Waals surface area (Å²) in [5.41, 5.74) is 3.46. The second-order valence-corrected chi connectivity index (χ2v) is 7.01. The van der Waals surface area contributed by atoms with Gasteiger partial charge in [0.1, 0.15) is 12.4 Å². The van der Waals surface area contributed by atoms with Crippen LogP contribution < -0.4 is 10.4 Å². The highest BCUT2D eigenvalue weighted by molar-refractivity contribution is 6.09. The summed E-state index contributed by atoms with van der Waals surface area (Å²) < 4.78 is 21.3. The molecular formula is C19H13FN4O2. The van der Waals surface area contributed by atoms with Crippen molar-refractivity contribution >= 4 is 21.9 Å². The zero-order valence-corrected chi connectivity index (χ0v) is 13.6. The second-order valence-electron chi connectivity index (χ2n) is 7.01. The molecule has 1 spiro atoms. The lowest BCUT2D eigenvalue weighted by atomic mass is 10.0. The van der Waals surface area contributed by atoms with E-state index in [1.54, 1.807) is 12.3 Å². The lowest BCUT2D eigenvalue weighted by molar-refractivity contribution is 0.242. The number of ether oxygens (including phenoxy) is 1. The van der Waals surface area contributed by atoms with Gasteiger partial charge in [0.15, 0.2) is 0 Å². The van der Waals surface area contributed by atoms with Gasteiger partial charge in [0.2, 0.25) is 5.95 Å². The van der Waals surface area contributed by atoms with Gasteiger partial charge in [-0.2, -0.15) is 4.39 Å². The van der Waals surface area contributed by atoms with E-state index in [1.807, 2.05) is 16.7 Å². The summed E-state index contributed by atoms with van der Waals surface area (Å²) in [4.78, 5) is 23.8. The Morgan fingerprint density at radius 3 is 2.81 bits per heavy atom. The lowest BCUT2D eigenvalue weighted by Crippen LogP contribution is -2.32. The van der Waals surface area contributed by atoms with Crippen molar-refractivity contribution in [1.29, 1.82) is 0 Å². The first-order valence-corrected chi connectivity index (χ1v) is 8.48. The van der Waals surface area contributed by atoms with Crippen molar-refractivity contribution in [3.05, 3.63) is 53.1 Å². The molecule has 128 valence electrons. The molecule has 3 aromatic heterocycles. The number of aromatic amines is 1. The van der Waals surface area contributed by atoms with Crippen LogP contribution in [-0.2, 0) is 5.54 Å². The van der Waals surface area contributed by atoms with E-state index >= 15 is 0 Å². The second kappa shape index (κ2) is 4.49. The van der Waals surface area contributed by atoms with Crippen LogP contribution in [0.5, 0.6) is 5.75 Å². The highest BCUT2D eigenvalue weighted by Crippen LogP contribution is 2.50. The zero-order chi connectivity index (χ0) is 17.5. The molecule has 26 heavy (non-hydrogen) atoms. The summed E-state index contributed by atoms with van der Waals surface area (Å²) >= 11 is 0. The maximum absolute atomic E-state index is 13.2. The van der Waals surface area contributed by atoms with Crippen molar-refractivity contribution in [3.8, 4) is 16.9 Å². The summed E-state index contributed by atoms with van der Waals surface area (Å²) in [6.45, 7) is 0.426. The number of pyridine rings is 2. The molecular weight excluding hydrogens is 335 g/mol. The van der Waals surface area contributed by atoms with Gasteiger partial charge in [0, 0.05) is 17.3 Å². The van der Waals surface area contributed by atoms with Crippen molar-refractivity contribution in [1.82, 2.24) is 19.5 Å². The van der Waals surface area contributed by atoms with Gasteiger partial charge >= 0.3 is 5.69 Å². The Balaban J connectivity index is 1.77. The summed E-state index contributed by atoms with van der Waals surface area (Å²) in [7, 11) is 0. The molecule has 0 bridgehead atoms. The maximum Gasteiger partial charge on any atom is 0.327 e. The number of nitrogens with zero attached hydrogens (tertiary/aromatic N) is 3. The Bertz CT molecular complexity index is 1270. The largest absolute Gasteiger partial charge is 0.490 e. The van der Waals surface area contributed by atoms with E-state index in [2.05, 4.69) is 15.0 Å². The number of nitrogens with one attached hydrogen (secondary N) is 1. The molecule has 0 atom stereocenters. The molecule has 6 rings (SSSR count). The predicted molar refractivity (Wildman–Crippen MR) is 93.8 cm³/mol. The van der Waals surface area contributed by atoms with Gasteiger partial charge in [-0.25, -0.2) is 9.78 Å². The number of benzene rings is 1. The average molecular weight is 348 g/mol. The SMILES string of the molecule is O=c1[nH]c2cnc3ccc(-c4ccc(F)nc4)c4c3c2n1C1(CC1)CO4. The quantitative estimate of drug-likeness (QED) is 0.537. The average Bonchev–Trinajstić information content (AvgIpc) is 3.37. The number of hydrogen-bond acceptors (Lipinski definition) is 4. The molecule has 1 N–H and O–H groups in total. The van der Waals surface area contributed by atoms with Gasteiger partial charge in [-0.1, -0.05) is 0 Å². The fraction of sp³-hybridized carbons (Fsp3) is 0.211. The summed E-state index contributed by atoms with van der Waals surface area (Å²) in [5.74, 6) is 0.146. The third-order valence-corrected chi connectivity index (χ3v) is 5.45. The normalized spacial score (nSPS) is 17.0. The molecule has 2 aliphatic rings. The number of fused-ring (bicyclic) bond motifs is 1. The standard InChI is InChI=1S/C19H13FN4O2/c20-14-4-1-10(7-22-14)11-2-3-12-15-16-13(8-21-12)23-18(25)24(16)19(5-6-19)9-26-17(11)15/h1-4,7-8H,5-6,9H2,(H,23,25). The van der Waals surface area contributed by atoms with Gasteiger partial charge in [0.05, 0.1) is 33.7 Å². The number of rotatable bonds is 1. The van der Waals surface area contributed by atoms with Crippen LogP contribution in [0.25, 0.3) is 33.1 Å². The molecule has 1 aromatic carbocycles. The van der Waals surface area contributed by atoms with Crippen molar-refractivity contribution in [2.45, 2.75) is 18.4 Å². The number of imidazole rings is 1. The van der Waals surface area contributed by atoms with Crippen LogP contribution in [0, 0.1) is 5.95 Å². The van der Waals surface area contributed by atoms with E-state index < -0.39 is 5.95 Å². The Labute approximate surface area is 146 Å². The van der Waals surface area contributed by atoms with Crippen LogP contribution in [0.4, 0.5) is 4.39 Å². The molecule has 6 nitrogen and oxygen atoms in total. The Hall–Kier alpha value is -3.22. The molecule has 4 aromatic rings. The van der Waals surface area contributed by atoms with Gasteiger partial charge in [-0.15, -0.1) is 0 Å². The van der Waals surface area contributed by atoms with E-state index in [0.717, 1.165) is 40.4 Å². The first-order chi connectivity index (χ1) is 12.7. The number of aromatic nitrogens is 4. The molecule has 0 radical (unpaired) electrons. The Morgan fingerprint density at radius 2 is 2.04 bits per heavy atom. The molecule has 0 saturated heterocycles. The first kappa shape index (κ1) is 14.0. The monoisotopic (exact) mass is 348 g/mol. The molecule has 0 amide bonds.